The number of rotatable bonds is 10. The maximum Gasteiger partial charge on any atom is 0.251 e. The van der Waals surface area contributed by atoms with Gasteiger partial charge in [-0.05, 0) is 43.2 Å². The SMILES string of the molecule is CCCCCCCC(=O)Nc1ccc(C(=O)NC(C)c2ccccc2)cc1. The minimum atomic E-state index is -0.125. The summed E-state index contributed by atoms with van der Waals surface area (Å²) in [5.74, 6) is -0.0958. The first-order chi connectivity index (χ1) is 13.1. The van der Waals surface area contributed by atoms with Crippen molar-refractivity contribution in [3.05, 3.63) is 65.7 Å². The van der Waals surface area contributed by atoms with E-state index >= 15 is 0 Å². The van der Waals surface area contributed by atoms with Crippen LogP contribution >= 0.6 is 0 Å². The molecule has 1 atom stereocenters. The highest BCUT2D eigenvalue weighted by molar-refractivity contribution is 5.96. The van der Waals surface area contributed by atoms with Crippen molar-refractivity contribution >= 4 is 17.5 Å². The molecule has 0 radical (unpaired) electrons. The molecule has 0 saturated heterocycles. The van der Waals surface area contributed by atoms with Gasteiger partial charge in [-0.3, -0.25) is 9.59 Å². The monoisotopic (exact) mass is 366 g/mol. The van der Waals surface area contributed by atoms with Crippen molar-refractivity contribution in [1.82, 2.24) is 5.32 Å². The van der Waals surface area contributed by atoms with E-state index in [1.165, 1.54) is 19.3 Å². The van der Waals surface area contributed by atoms with Gasteiger partial charge in [0.2, 0.25) is 5.91 Å². The van der Waals surface area contributed by atoms with Crippen LogP contribution in [0.3, 0.4) is 0 Å². The summed E-state index contributed by atoms with van der Waals surface area (Å²) < 4.78 is 0. The minimum Gasteiger partial charge on any atom is -0.346 e. The fourth-order valence-electron chi connectivity index (χ4n) is 2.92. The molecule has 2 N–H and O–H groups in total. The van der Waals surface area contributed by atoms with Gasteiger partial charge < -0.3 is 10.6 Å². The molecule has 4 heteroatoms. The van der Waals surface area contributed by atoms with Crippen molar-refractivity contribution in [3.63, 3.8) is 0 Å². The van der Waals surface area contributed by atoms with Gasteiger partial charge >= 0.3 is 0 Å². The van der Waals surface area contributed by atoms with Gasteiger partial charge in [-0.15, -0.1) is 0 Å². The zero-order valence-corrected chi connectivity index (χ0v) is 16.3. The molecule has 0 aliphatic rings. The van der Waals surface area contributed by atoms with E-state index in [4.69, 9.17) is 0 Å². The van der Waals surface area contributed by atoms with Gasteiger partial charge in [0.1, 0.15) is 0 Å². The van der Waals surface area contributed by atoms with E-state index in [1.807, 2.05) is 37.3 Å². The molecule has 2 aromatic rings. The van der Waals surface area contributed by atoms with Crippen LogP contribution < -0.4 is 10.6 Å². The summed E-state index contributed by atoms with van der Waals surface area (Å²) in [6, 6.07) is 16.8. The summed E-state index contributed by atoms with van der Waals surface area (Å²) in [6.07, 6.45) is 6.18. The predicted octanol–water partition coefficient (Wildman–Crippen LogP) is 5.48. The summed E-state index contributed by atoms with van der Waals surface area (Å²) in [6.45, 7) is 4.14. The molecule has 4 nitrogen and oxygen atoms in total. The Kier molecular flexibility index (Phi) is 8.56. The molecule has 0 saturated carbocycles. The Morgan fingerprint density at radius 3 is 2.22 bits per heavy atom. The largest absolute Gasteiger partial charge is 0.346 e. The zero-order valence-electron chi connectivity index (χ0n) is 16.3. The van der Waals surface area contributed by atoms with E-state index in [2.05, 4.69) is 17.6 Å². The van der Waals surface area contributed by atoms with Crippen LogP contribution in [0.2, 0.25) is 0 Å². The number of carbonyl (C=O) groups excluding carboxylic acids is 2. The summed E-state index contributed by atoms with van der Waals surface area (Å²) in [5, 5.41) is 5.89. The zero-order chi connectivity index (χ0) is 19.5. The Hall–Kier alpha value is -2.62. The highest BCUT2D eigenvalue weighted by Crippen LogP contribution is 2.15. The number of hydrogen-bond donors (Lipinski definition) is 2. The van der Waals surface area contributed by atoms with Crippen molar-refractivity contribution in [2.75, 3.05) is 5.32 Å². The van der Waals surface area contributed by atoms with Gasteiger partial charge in [0, 0.05) is 17.7 Å². The van der Waals surface area contributed by atoms with Crippen LogP contribution in [0, 0.1) is 0 Å². The third-order valence-electron chi connectivity index (χ3n) is 4.59. The second-order valence-corrected chi connectivity index (χ2v) is 6.90. The lowest BCUT2D eigenvalue weighted by molar-refractivity contribution is -0.116. The first-order valence-corrected chi connectivity index (χ1v) is 9.86. The molecule has 1 unspecified atom stereocenters. The average molecular weight is 367 g/mol. The molecule has 0 aromatic heterocycles. The van der Waals surface area contributed by atoms with E-state index < -0.39 is 0 Å². The fraction of sp³-hybridized carbons (Fsp3) is 0.391. The first kappa shape index (κ1) is 20.7. The molecule has 2 amide bonds. The topological polar surface area (TPSA) is 58.2 Å². The van der Waals surface area contributed by atoms with Gasteiger partial charge in [-0.1, -0.05) is 62.9 Å². The number of anilines is 1. The van der Waals surface area contributed by atoms with Crippen LogP contribution in [-0.4, -0.2) is 11.8 Å². The Balaban J connectivity index is 1.80. The molecule has 0 aliphatic heterocycles. The van der Waals surface area contributed by atoms with Crippen molar-refractivity contribution in [2.45, 2.75) is 58.4 Å². The fourth-order valence-corrected chi connectivity index (χ4v) is 2.92. The van der Waals surface area contributed by atoms with Crippen molar-refractivity contribution in [1.29, 1.82) is 0 Å². The third-order valence-corrected chi connectivity index (χ3v) is 4.59. The standard InChI is InChI=1S/C23H30N2O2/c1-3-4-5-6-10-13-22(26)25-21-16-14-20(15-17-21)23(27)24-18(2)19-11-8-7-9-12-19/h7-9,11-12,14-18H,3-6,10,13H2,1-2H3,(H,24,27)(H,25,26). The van der Waals surface area contributed by atoms with Crippen LogP contribution in [0.15, 0.2) is 54.6 Å². The maximum atomic E-state index is 12.4. The molecule has 144 valence electrons. The van der Waals surface area contributed by atoms with E-state index in [1.54, 1.807) is 24.3 Å². The first-order valence-electron chi connectivity index (χ1n) is 9.86. The molecule has 2 aromatic carbocycles. The molecular formula is C23H30N2O2. The maximum absolute atomic E-state index is 12.4. The second kappa shape index (κ2) is 11.2. The number of amides is 2. The van der Waals surface area contributed by atoms with E-state index in [0.717, 1.165) is 24.1 Å². The van der Waals surface area contributed by atoms with Crippen molar-refractivity contribution in [2.24, 2.45) is 0 Å². The number of unbranched alkanes of at least 4 members (excludes halogenated alkanes) is 4. The molecular weight excluding hydrogens is 336 g/mol. The molecule has 0 fully saturated rings. The smallest absolute Gasteiger partial charge is 0.251 e. The molecule has 0 aliphatic carbocycles. The Morgan fingerprint density at radius 2 is 1.56 bits per heavy atom. The molecule has 2 rings (SSSR count). The lowest BCUT2D eigenvalue weighted by Crippen LogP contribution is -2.26. The lowest BCUT2D eigenvalue weighted by atomic mass is 10.1. The van der Waals surface area contributed by atoms with Crippen LogP contribution in [-0.2, 0) is 4.79 Å². The van der Waals surface area contributed by atoms with Gasteiger partial charge in [0.15, 0.2) is 0 Å². The van der Waals surface area contributed by atoms with Gasteiger partial charge in [-0.25, -0.2) is 0 Å². The van der Waals surface area contributed by atoms with E-state index in [9.17, 15) is 9.59 Å². The minimum absolute atomic E-state index is 0.0291. The summed E-state index contributed by atoms with van der Waals surface area (Å²) >= 11 is 0. The highest BCUT2D eigenvalue weighted by atomic mass is 16.2. The van der Waals surface area contributed by atoms with Crippen LogP contribution in [0.1, 0.15) is 74.3 Å². The number of carbonyl (C=O) groups is 2. The Bertz CT molecular complexity index is 711. The molecule has 0 bridgehead atoms. The normalized spacial score (nSPS) is 11.6. The Labute approximate surface area is 162 Å². The quantitative estimate of drug-likeness (QED) is 0.547. The second-order valence-electron chi connectivity index (χ2n) is 6.90. The van der Waals surface area contributed by atoms with Crippen LogP contribution in [0.25, 0.3) is 0 Å². The Morgan fingerprint density at radius 1 is 0.889 bits per heavy atom. The predicted molar refractivity (Wildman–Crippen MR) is 111 cm³/mol. The van der Waals surface area contributed by atoms with Crippen LogP contribution in [0.4, 0.5) is 5.69 Å². The third kappa shape index (κ3) is 7.26. The molecule has 0 heterocycles. The van der Waals surface area contributed by atoms with Gasteiger partial charge in [-0.2, -0.15) is 0 Å². The van der Waals surface area contributed by atoms with Gasteiger partial charge in [0.05, 0.1) is 6.04 Å². The molecule has 27 heavy (non-hydrogen) atoms. The van der Waals surface area contributed by atoms with Gasteiger partial charge in [0.25, 0.3) is 5.91 Å². The number of hydrogen-bond acceptors (Lipinski definition) is 2. The summed E-state index contributed by atoms with van der Waals surface area (Å²) in [5.41, 5.74) is 2.37. The van der Waals surface area contributed by atoms with E-state index in [0.29, 0.717) is 12.0 Å². The molecule has 0 spiro atoms. The number of nitrogens with one attached hydrogen (secondary N) is 2. The summed E-state index contributed by atoms with van der Waals surface area (Å²) in [7, 11) is 0. The van der Waals surface area contributed by atoms with E-state index in [-0.39, 0.29) is 17.9 Å². The van der Waals surface area contributed by atoms with Crippen LogP contribution in [0.5, 0.6) is 0 Å². The lowest BCUT2D eigenvalue weighted by Gasteiger charge is -2.14. The average Bonchev–Trinajstić information content (AvgIpc) is 2.69. The number of benzene rings is 2. The van der Waals surface area contributed by atoms with Crippen molar-refractivity contribution in [3.8, 4) is 0 Å². The highest BCUT2D eigenvalue weighted by Gasteiger charge is 2.11. The summed E-state index contributed by atoms with van der Waals surface area (Å²) in [4.78, 5) is 24.4. The van der Waals surface area contributed by atoms with Crippen molar-refractivity contribution < 1.29 is 9.59 Å².